The van der Waals surface area contributed by atoms with Crippen molar-refractivity contribution in [1.29, 1.82) is 0 Å². The second-order valence-electron chi connectivity index (χ2n) is 6.72. The van der Waals surface area contributed by atoms with Gasteiger partial charge in [-0.15, -0.1) is 0 Å². The summed E-state index contributed by atoms with van der Waals surface area (Å²) in [5.74, 6) is 0.128. The van der Waals surface area contributed by atoms with Crippen molar-refractivity contribution in [3.8, 4) is 0 Å². The molecule has 0 aliphatic heterocycles. The number of fused-ring (bicyclic) bond motifs is 1. The first-order valence-corrected chi connectivity index (χ1v) is 8.39. The minimum atomic E-state index is -0.607. The van der Waals surface area contributed by atoms with E-state index in [0.29, 0.717) is 11.5 Å². The summed E-state index contributed by atoms with van der Waals surface area (Å²) in [6, 6.07) is 6.22. The SMILES string of the molecule is Cc1[nH]c2ncnc(NC(=O)C3(c4ccc(F)cc4)CCC3)c2c1C. The molecule has 0 spiro atoms. The van der Waals surface area contributed by atoms with Crippen molar-refractivity contribution in [3.05, 3.63) is 53.2 Å². The van der Waals surface area contributed by atoms with Crippen LogP contribution in [0.15, 0.2) is 30.6 Å². The molecule has 2 N–H and O–H groups in total. The number of halogens is 1. The number of hydrogen-bond acceptors (Lipinski definition) is 3. The smallest absolute Gasteiger partial charge is 0.236 e. The van der Waals surface area contributed by atoms with Crippen LogP contribution in [0.4, 0.5) is 10.2 Å². The minimum Gasteiger partial charge on any atom is -0.343 e. The molecule has 2 heterocycles. The maximum atomic E-state index is 13.2. The average molecular weight is 338 g/mol. The monoisotopic (exact) mass is 338 g/mol. The Bertz CT molecular complexity index is 957. The van der Waals surface area contributed by atoms with Crippen LogP contribution in [0.5, 0.6) is 0 Å². The highest BCUT2D eigenvalue weighted by atomic mass is 19.1. The first-order valence-electron chi connectivity index (χ1n) is 8.39. The summed E-state index contributed by atoms with van der Waals surface area (Å²) in [7, 11) is 0. The molecule has 0 radical (unpaired) electrons. The van der Waals surface area contributed by atoms with Gasteiger partial charge in [-0.05, 0) is 49.9 Å². The second-order valence-corrected chi connectivity index (χ2v) is 6.72. The van der Waals surface area contributed by atoms with Gasteiger partial charge in [-0.25, -0.2) is 14.4 Å². The van der Waals surface area contributed by atoms with Gasteiger partial charge >= 0.3 is 0 Å². The van der Waals surface area contributed by atoms with Crippen molar-refractivity contribution in [2.45, 2.75) is 38.5 Å². The van der Waals surface area contributed by atoms with Crippen LogP contribution in [0.1, 0.15) is 36.1 Å². The summed E-state index contributed by atoms with van der Waals surface area (Å²) < 4.78 is 13.2. The minimum absolute atomic E-state index is 0.0939. The first kappa shape index (κ1) is 15.7. The molecule has 1 fully saturated rings. The van der Waals surface area contributed by atoms with Gasteiger partial charge in [-0.3, -0.25) is 4.79 Å². The molecule has 5 nitrogen and oxygen atoms in total. The molecule has 0 unspecified atom stereocenters. The predicted molar refractivity (Wildman–Crippen MR) is 93.9 cm³/mol. The van der Waals surface area contributed by atoms with Gasteiger partial charge in [0.2, 0.25) is 5.91 Å². The number of anilines is 1. The quantitative estimate of drug-likeness (QED) is 0.763. The summed E-state index contributed by atoms with van der Waals surface area (Å²) in [4.78, 5) is 24.8. The maximum Gasteiger partial charge on any atom is 0.236 e. The maximum absolute atomic E-state index is 13.2. The van der Waals surface area contributed by atoms with E-state index in [0.717, 1.165) is 41.5 Å². The van der Waals surface area contributed by atoms with E-state index in [4.69, 9.17) is 0 Å². The van der Waals surface area contributed by atoms with Gasteiger partial charge in [0.25, 0.3) is 0 Å². The summed E-state index contributed by atoms with van der Waals surface area (Å²) in [6.45, 7) is 3.95. The number of hydrogen-bond donors (Lipinski definition) is 2. The molecule has 2 aromatic heterocycles. The normalized spacial score (nSPS) is 15.8. The van der Waals surface area contributed by atoms with E-state index < -0.39 is 5.41 Å². The highest BCUT2D eigenvalue weighted by molar-refractivity contribution is 6.05. The van der Waals surface area contributed by atoms with Gasteiger partial charge in [-0.1, -0.05) is 18.6 Å². The van der Waals surface area contributed by atoms with Gasteiger partial charge in [0.15, 0.2) is 0 Å². The number of carbonyl (C=O) groups excluding carboxylic acids is 1. The zero-order valence-corrected chi connectivity index (χ0v) is 14.2. The molecule has 128 valence electrons. The lowest BCUT2D eigenvalue weighted by atomic mass is 9.64. The number of aromatic nitrogens is 3. The molecule has 1 aliphatic rings. The summed E-state index contributed by atoms with van der Waals surface area (Å²) in [5, 5.41) is 3.83. The first-order chi connectivity index (χ1) is 12.0. The number of benzene rings is 1. The van der Waals surface area contributed by atoms with Gasteiger partial charge in [0.05, 0.1) is 10.8 Å². The zero-order valence-electron chi connectivity index (χ0n) is 14.2. The van der Waals surface area contributed by atoms with Crippen molar-refractivity contribution >= 4 is 22.8 Å². The van der Waals surface area contributed by atoms with E-state index in [1.807, 2.05) is 13.8 Å². The van der Waals surface area contributed by atoms with Crippen LogP contribution >= 0.6 is 0 Å². The highest BCUT2D eigenvalue weighted by Gasteiger charge is 2.45. The van der Waals surface area contributed by atoms with Crippen LogP contribution < -0.4 is 5.32 Å². The standard InChI is InChI=1S/C19H19FN4O/c1-11-12(2)23-16-15(11)17(22-10-21-16)24-18(25)19(8-3-9-19)13-4-6-14(20)7-5-13/h4-7,10H,3,8-9H2,1-2H3,(H2,21,22,23,24,25). The van der Waals surface area contributed by atoms with Crippen LogP contribution in [0.25, 0.3) is 11.0 Å². The fraction of sp³-hybridized carbons (Fsp3) is 0.316. The third-order valence-corrected chi connectivity index (χ3v) is 5.36. The van der Waals surface area contributed by atoms with Crippen molar-refractivity contribution in [3.63, 3.8) is 0 Å². The Balaban J connectivity index is 1.71. The third-order valence-electron chi connectivity index (χ3n) is 5.36. The summed E-state index contributed by atoms with van der Waals surface area (Å²) >= 11 is 0. The third kappa shape index (κ3) is 2.40. The summed E-state index contributed by atoms with van der Waals surface area (Å²) in [5.41, 5.74) is 2.98. The van der Waals surface area contributed by atoms with E-state index in [1.165, 1.54) is 18.5 Å². The Labute approximate surface area is 144 Å². The molecule has 0 saturated heterocycles. The summed E-state index contributed by atoms with van der Waals surface area (Å²) in [6.07, 6.45) is 3.93. The Kier molecular flexibility index (Phi) is 3.56. The van der Waals surface area contributed by atoms with Crippen molar-refractivity contribution in [1.82, 2.24) is 15.0 Å². The molecule has 3 aromatic rings. The number of aryl methyl sites for hydroxylation is 2. The Morgan fingerprint density at radius 2 is 1.92 bits per heavy atom. The number of carbonyl (C=O) groups is 1. The highest BCUT2D eigenvalue weighted by Crippen LogP contribution is 2.44. The topological polar surface area (TPSA) is 70.7 Å². The lowest BCUT2D eigenvalue weighted by Crippen LogP contribution is -2.46. The predicted octanol–water partition coefficient (Wildman–Crippen LogP) is 3.77. The van der Waals surface area contributed by atoms with Crippen molar-refractivity contribution in [2.24, 2.45) is 0 Å². The molecule has 0 bridgehead atoms. The van der Waals surface area contributed by atoms with Crippen LogP contribution in [0.2, 0.25) is 0 Å². The molecule has 0 atom stereocenters. The van der Waals surface area contributed by atoms with Crippen LogP contribution in [-0.2, 0) is 10.2 Å². The Morgan fingerprint density at radius 1 is 1.20 bits per heavy atom. The van der Waals surface area contributed by atoms with Crippen molar-refractivity contribution in [2.75, 3.05) is 5.32 Å². The van der Waals surface area contributed by atoms with Crippen LogP contribution in [0, 0.1) is 19.7 Å². The molecule has 4 rings (SSSR count). The van der Waals surface area contributed by atoms with E-state index >= 15 is 0 Å². The fourth-order valence-electron chi connectivity index (χ4n) is 3.56. The van der Waals surface area contributed by atoms with Gasteiger partial charge in [0.1, 0.15) is 23.6 Å². The van der Waals surface area contributed by atoms with Crippen LogP contribution in [-0.4, -0.2) is 20.9 Å². The molecule has 1 aromatic carbocycles. The number of nitrogens with one attached hydrogen (secondary N) is 2. The molecular weight excluding hydrogens is 319 g/mol. The number of rotatable bonds is 3. The zero-order chi connectivity index (χ0) is 17.6. The molecule has 1 aliphatic carbocycles. The van der Waals surface area contributed by atoms with Crippen LogP contribution in [0.3, 0.4) is 0 Å². The Morgan fingerprint density at radius 3 is 2.56 bits per heavy atom. The molecule has 6 heteroatoms. The van der Waals surface area contributed by atoms with Gasteiger partial charge in [-0.2, -0.15) is 0 Å². The lowest BCUT2D eigenvalue weighted by Gasteiger charge is -2.40. The number of H-pyrrole nitrogens is 1. The number of nitrogens with zero attached hydrogens (tertiary/aromatic N) is 2. The van der Waals surface area contributed by atoms with E-state index in [1.54, 1.807) is 12.1 Å². The molecule has 1 amide bonds. The fourth-order valence-corrected chi connectivity index (χ4v) is 3.56. The molecule has 25 heavy (non-hydrogen) atoms. The van der Waals surface area contributed by atoms with Crippen molar-refractivity contribution < 1.29 is 9.18 Å². The van der Waals surface area contributed by atoms with E-state index in [9.17, 15) is 9.18 Å². The Hall–Kier alpha value is -2.76. The number of amides is 1. The average Bonchev–Trinajstić information content (AvgIpc) is 2.84. The number of aromatic amines is 1. The van der Waals surface area contributed by atoms with E-state index in [-0.39, 0.29) is 11.7 Å². The van der Waals surface area contributed by atoms with Gasteiger partial charge in [0, 0.05) is 5.69 Å². The molecule has 1 saturated carbocycles. The second kappa shape index (κ2) is 5.65. The lowest BCUT2D eigenvalue weighted by molar-refractivity contribution is -0.124. The molecular formula is C19H19FN4O. The van der Waals surface area contributed by atoms with E-state index in [2.05, 4.69) is 20.3 Å². The largest absolute Gasteiger partial charge is 0.343 e. The van der Waals surface area contributed by atoms with Gasteiger partial charge < -0.3 is 10.3 Å².